The standard InChI is InChI=1S/C14H15F2NO3S2/c1-9(11-3-5-13(6-4-11)20-14(15)16)22(18,19)8-12-7-21-10(2)17-12/h3-7,9,14H,8H2,1-2H3/t9-/m1/s1. The monoisotopic (exact) mass is 347 g/mol. The van der Waals surface area contributed by atoms with Crippen molar-refractivity contribution in [2.24, 2.45) is 0 Å². The predicted molar refractivity (Wildman–Crippen MR) is 81.0 cm³/mol. The fourth-order valence-electron chi connectivity index (χ4n) is 1.93. The van der Waals surface area contributed by atoms with Gasteiger partial charge in [0.2, 0.25) is 0 Å². The summed E-state index contributed by atoms with van der Waals surface area (Å²) in [6.45, 7) is 0.476. The van der Waals surface area contributed by atoms with Crippen molar-refractivity contribution >= 4 is 21.2 Å². The number of halogens is 2. The number of nitrogens with zero attached hydrogens (tertiary/aromatic N) is 1. The van der Waals surface area contributed by atoms with Gasteiger partial charge in [-0.3, -0.25) is 0 Å². The van der Waals surface area contributed by atoms with Crippen molar-refractivity contribution in [3.8, 4) is 5.75 Å². The van der Waals surface area contributed by atoms with E-state index in [0.29, 0.717) is 11.3 Å². The summed E-state index contributed by atoms with van der Waals surface area (Å²) in [7, 11) is -3.43. The van der Waals surface area contributed by atoms with Crippen LogP contribution in [-0.2, 0) is 15.6 Å². The summed E-state index contributed by atoms with van der Waals surface area (Å²) in [5.41, 5.74) is 1.04. The van der Waals surface area contributed by atoms with Crippen molar-refractivity contribution in [3.05, 3.63) is 45.9 Å². The van der Waals surface area contributed by atoms with E-state index in [2.05, 4.69) is 9.72 Å². The predicted octanol–water partition coefficient (Wildman–Crippen LogP) is 3.73. The molecule has 1 aromatic carbocycles. The molecule has 0 saturated carbocycles. The van der Waals surface area contributed by atoms with Gasteiger partial charge in [0.1, 0.15) is 5.75 Å². The van der Waals surface area contributed by atoms with Gasteiger partial charge in [-0.25, -0.2) is 13.4 Å². The molecule has 0 aliphatic heterocycles. The van der Waals surface area contributed by atoms with E-state index in [-0.39, 0.29) is 11.5 Å². The molecule has 0 N–H and O–H groups in total. The minimum absolute atomic E-state index is 0.00141. The molecule has 0 spiro atoms. The molecule has 1 atom stereocenters. The summed E-state index contributed by atoms with van der Waals surface area (Å²) >= 11 is 1.40. The summed E-state index contributed by atoms with van der Waals surface area (Å²) in [4.78, 5) is 4.15. The van der Waals surface area contributed by atoms with E-state index in [1.165, 1.54) is 35.6 Å². The van der Waals surface area contributed by atoms with Crippen LogP contribution in [0, 0.1) is 6.92 Å². The summed E-state index contributed by atoms with van der Waals surface area (Å²) in [5.74, 6) is -0.146. The number of aryl methyl sites for hydroxylation is 1. The van der Waals surface area contributed by atoms with E-state index in [1.54, 1.807) is 12.3 Å². The molecule has 0 aliphatic carbocycles. The number of ether oxygens (including phenoxy) is 1. The molecule has 0 amide bonds. The van der Waals surface area contributed by atoms with Crippen LogP contribution in [0.4, 0.5) is 8.78 Å². The fraction of sp³-hybridized carbons (Fsp3) is 0.357. The highest BCUT2D eigenvalue weighted by atomic mass is 32.2. The molecule has 0 radical (unpaired) electrons. The second-order valence-electron chi connectivity index (χ2n) is 4.75. The molecule has 1 heterocycles. The van der Waals surface area contributed by atoms with Gasteiger partial charge in [0.15, 0.2) is 9.84 Å². The van der Waals surface area contributed by atoms with Gasteiger partial charge in [-0.1, -0.05) is 12.1 Å². The first-order valence-corrected chi connectivity index (χ1v) is 9.05. The van der Waals surface area contributed by atoms with Gasteiger partial charge in [-0.2, -0.15) is 8.78 Å². The summed E-state index contributed by atoms with van der Waals surface area (Å²) in [6.07, 6.45) is 0. The van der Waals surface area contributed by atoms with E-state index in [1.807, 2.05) is 6.92 Å². The zero-order valence-electron chi connectivity index (χ0n) is 12.0. The Morgan fingerprint density at radius 3 is 2.41 bits per heavy atom. The maximum atomic E-state index is 12.4. The van der Waals surface area contributed by atoms with E-state index in [9.17, 15) is 17.2 Å². The van der Waals surface area contributed by atoms with Crippen molar-refractivity contribution in [1.29, 1.82) is 0 Å². The Morgan fingerprint density at radius 2 is 1.91 bits per heavy atom. The number of benzene rings is 1. The van der Waals surface area contributed by atoms with E-state index < -0.39 is 21.7 Å². The van der Waals surface area contributed by atoms with Crippen LogP contribution in [0.2, 0.25) is 0 Å². The second-order valence-corrected chi connectivity index (χ2v) is 8.14. The van der Waals surface area contributed by atoms with Crippen LogP contribution in [0.1, 0.15) is 28.4 Å². The third kappa shape index (κ3) is 4.23. The number of aromatic nitrogens is 1. The summed E-state index contributed by atoms with van der Waals surface area (Å²) in [5, 5.41) is 1.78. The first-order chi connectivity index (χ1) is 10.3. The summed E-state index contributed by atoms with van der Waals surface area (Å²) < 4.78 is 53.2. The van der Waals surface area contributed by atoms with Gasteiger partial charge in [0.05, 0.1) is 21.7 Å². The average molecular weight is 347 g/mol. The number of thiazole rings is 1. The Kier molecular flexibility index (Phi) is 5.12. The first-order valence-electron chi connectivity index (χ1n) is 6.45. The lowest BCUT2D eigenvalue weighted by molar-refractivity contribution is -0.0498. The lowest BCUT2D eigenvalue weighted by Gasteiger charge is -2.13. The van der Waals surface area contributed by atoms with Gasteiger partial charge < -0.3 is 4.74 Å². The highest BCUT2D eigenvalue weighted by molar-refractivity contribution is 7.90. The second kappa shape index (κ2) is 6.70. The molecule has 0 bridgehead atoms. The minimum atomic E-state index is -3.43. The molecule has 2 aromatic rings. The fourth-order valence-corrected chi connectivity index (χ4v) is 4.03. The largest absolute Gasteiger partial charge is 0.435 e. The molecule has 2 rings (SSSR count). The Morgan fingerprint density at radius 1 is 1.27 bits per heavy atom. The van der Waals surface area contributed by atoms with Crippen LogP contribution in [0.5, 0.6) is 5.75 Å². The zero-order chi connectivity index (χ0) is 16.3. The quantitative estimate of drug-likeness (QED) is 0.799. The van der Waals surface area contributed by atoms with Crippen molar-refractivity contribution in [3.63, 3.8) is 0 Å². The molecule has 8 heteroatoms. The van der Waals surface area contributed by atoms with Gasteiger partial charge in [0.25, 0.3) is 0 Å². The Bertz CT molecular complexity index is 727. The Labute approximate surface area is 131 Å². The molecule has 1 aromatic heterocycles. The van der Waals surface area contributed by atoms with Crippen LogP contribution < -0.4 is 4.74 Å². The lowest BCUT2D eigenvalue weighted by Crippen LogP contribution is -2.13. The van der Waals surface area contributed by atoms with Gasteiger partial charge >= 0.3 is 6.61 Å². The highest BCUT2D eigenvalue weighted by Gasteiger charge is 2.24. The smallest absolute Gasteiger partial charge is 0.387 e. The normalized spacial score (nSPS) is 13.3. The molecular weight excluding hydrogens is 332 g/mol. The van der Waals surface area contributed by atoms with E-state index in [0.717, 1.165) is 5.01 Å². The number of sulfone groups is 1. The van der Waals surface area contributed by atoms with Gasteiger partial charge in [0, 0.05) is 5.38 Å². The lowest BCUT2D eigenvalue weighted by atomic mass is 10.2. The minimum Gasteiger partial charge on any atom is -0.435 e. The molecule has 0 saturated heterocycles. The third-order valence-corrected chi connectivity index (χ3v) is 6.00. The molecule has 0 unspecified atom stereocenters. The molecule has 4 nitrogen and oxygen atoms in total. The molecule has 0 fully saturated rings. The van der Waals surface area contributed by atoms with Crippen LogP contribution in [0.25, 0.3) is 0 Å². The van der Waals surface area contributed by atoms with Crippen LogP contribution in [0.3, 0.4) is 0 Å². The van der Waals surface area contributed by atoms with E-state index >= 15 is 0 Å². The Hall–Kier alpha value is -1.54. The number of rotatable bonds is 6. The molecule has 120 valence electrons. The van der Waals surface area contributed by atoms with Crippen molar-refractivity contribution in [1.82, 2.24) is 4.98 Å². The maximum absolute atomic E-state index is 12.4. The van der Waals surface area contributed by atoms with Crippen LogP contribution in [0.15, 0.2) is 29.6 Å². The molecule has 0 aliphatic rings. The first kappa shape index (κ1) is 16.8. The van der Waals surface area contributed by atoms with Crippen molar-refractivity contribution in [2.45, 2.75) is 31.5 Å². The van der Waals surface area contributed by atoms with Crippen LogP contribution in [-0.4, -0.2) is 20.0 Å². The van der Waals surface area contributed by atoms with Crippen molar-refractivity contribution < 1.29 is 21.9 Å². The van der Waals surface area contributed by atoms with E-state index in [4.69, 9.17) is 0 Å². The number of hydrogen-bond acceptors (Lipinski definition) is 5. The van der Waals surface area contributed by atoms with Gasteiger partial charge in [-0.15, -0.1) is 11.3 Å². The summed E-state index contributed by atoms with van der Waals surface area (Å²) in [6, 6.07) is 5.62. The van der Waals surface area contributed by atoms with Crippen LogP contribution >= 0.6 is 11.3 Å². The maximum Gasteiger partial charge on any atom is 0.387 e. The Balaban J connectivity index is 2.13. The average Bonchev–Trinajstić information content (AvgIpc) is 2.82. The molecule has 22 heavy (non-hydrogen) atoms. The third-order valence-electron chi connectivity index (χ3n) is 3.13. The SMILES string of the molecule is Cc1nc(CS(=O)(=O)[C@H](C)c2ccc(OC(F)F)cc2)cs1. The zero-order valence-corrected chi connectivity index (χ0v) is 13.6. The number of hydrogen-bond donors (Lipinski definition) is 0. The van der Waals surface area contributed by atoms with Gasteiger partial charge in [-0.05, 0) is 31.5 Å². The topological polar surface area (TPSA) is 56.3 Å². The highest BCUT2D eigenvalue weighted by Crippen LogP contribution is 2.27. The van der Waals surface area contributed by atoms with Crippen molar-refractivity contribution in [2.75, 3.05) is 0 Å². The number of alkyl halides is 2. The molecular formula is C14H15F2NO3S2.